The fourth-order valence-electron chi connectivity index (χ4n) is 3.34. The third-order valence-electron chi connectivity index (χ3n) is 4.10. The van der Waals surface area contributed by atoms with Gasteiger partial charge in [0.15, 0.2) is 0 Å². The summed E-state index contributed by atoms with van der Waals surface area (Å²) in [6.07, 6.45) is 6.84. The maximum Gasteiger partial charge on any atom is 0.209 e. The van der Waals surface area contributed by atoms with Crippen LogP contribution in [0.15, 0.2) is 24.5 Å². The summed E-state index contributed by atoms with van der Waals surface area (Å²) in [5.74, 6) is 0. The summed E-state index contributed by atoms with van der Waals surface area (Å²) in [7, 11) is -3.22. The van der Waals surface area contributed by atoms with Gasteiger partial charge in [0, 0.05) is 38.1 Å². The van der Waals surface area contributed by atoms with Crippen LogP contribution in [0.2, 0.25) is 0 Å². The Balaban J connectivity index is 1.75. The number of rotatable bonds is 4. The number of hydrogen-bond donors (Lipinski definition) is 1. The molecule has 0 radical (unpaired) electrons. The van der Waals surface area contributed by atoms with Crippen LogP contribution < -0.4 is 4.72 Å². The molecule has 1 aromatic heterocycles. The number of hydrogen-bond acceptors (Lipinski definition) is 5. The third kappa shape index (κ3) is 3.60. The van der Waals surface area contributed by atoms with E-state index in [0.29, 0.717) is 13.2 Å². The minimum absolute atomic E-state index is 0.0508. The molecular weight excluding hydrogens is 290 g/mol. The van der Waals surface area contributed by atoms with Gasteiger partial charge in [-0.15, -0.1) is 0 Å². The van der Waals surface area contributed by atoms with E-state index in [1.165, 1.54) is 6.26 Å². The van der Waals surface area contributed by atoms with E-state index in [2.05, 4.69) is 14.6 Å². The number of likely N-dealkylation sites (tertiary alicyclic amines) is 1. The lowest BCUT2D eigenvalue weighted by molar-refractivity contribution is -0.0193. The number of fused-ring (bicyclic) bond motifs is 1. The van der Waals surface area contributed by atoms with E-state index in [0.717, 1.165) is 24.9 Å². The van der Waals surface area contributed by atoms with Gasteiger partial charge in [-0.05, 0) is 24.5 Å². The number of nitrogens with one attached hydrogen (secondary N) is 1. The van der Waals surface area contributed by atoms with Gasteiger partial charge in [0.05, 0.1) is 18.4 Å². The summed E-state index contributed by atoms with van der Waals surface area (Å²) in [4.78, 5) is 6.45. The van der Waals surface area contributed by atoms with E-state index in [4.69, 9.17) is 4.74 Å². The largest absolute Gasteiger partial charge is 0.375 e. The predicted octanol–water partition coefficient (Wildman–Crippen LogP) is 0.363. The lowest BCUT2D eigenvalue weighted by Gasteiger charge is -2.32. The first-order chi connectivity index (χ1) is 10.0. The van der Waals surface area contributed by atoms with Gasteiger partial charge in [0.25, 0.3) is 0 Å². The second-order valence-corrected chi connectivity index (χ2v) is 7.61. The minimum Gasteiger partial charge on any atom is -0.375 e. The monoisotopic (exact) mass is 311 g/mol. The van der Waals surface area contributed by atoms with E-state index in [1.807, 2.05) is 18.3 Å². The molecule has 2 saturated heterocycles. The van der Waals surface area contributed by atoms with Crippen LogP contribution in [0.25, 0.3) is 0 Å². The van der Waals surface area contributed by atoms with Crippen molar-refractivity contribution in [1.29, 1.82) is 0 Å². The normalized spacial score (nSPS) is 30.2. The predicted molar refractivity (Wildman–Crippen MR) is 79.2 cm³/mol. The molecule has 116 valence electrons. The van der Waals surface area contributed by atoms with Crippen molar-refractivity contribution in [2.45, 2.75) is 37.6 Å². The first-order valence-corrected chi connectivity index (χ1v) is 9.14. The molecule has 0 aliphatic carbocycles. The molecule has 6 nitrogen and oxygen atoms in total. The Bertz CT molecular complexity index is 578. The van der Waals surface area contributed by atoms with E-state index in [1.54, 1.807) is 6.20 Å². The molecule has 0 amide bonds. The van der Waals surface area contributed by atoms with Crippen LogP contribution in [0, 0.1) is 0 Å². The van der Waals surface area contributed by atoms with Gasteiger partial charge in [-0.2, -0.15) is 0 Å². The quantitative estimate of drug-likeness (QED) is 0.869. The van der Waals surface area contributed by atoms with E-state index < -0.39 is 10.0 Å². The first kappa shape index (κ1) is 14.9. The van der Waals surface area contributed by atoms with Crippen LogP contribution in [-0.2, 0) is 21.3 Å². The number of sulfonamides is 1. The van der Waals surface area contributed by atoms with Crippen molar-refractivity contribution < 1.29 is 13.2 Å². The maximum atomic E-state index is 11.5. The van der Waals surface area contributed by atoms with Crippen LogP contribution >= 0.6 is 0 Å². The highest BCUT2D eigenvalue weighted by molar-refractivity contribution is 7.88. The number of nitrogens with zero attached hydrogens (tertiary/aromatic N) is 2. The summed E-state index contributed by atoms with van der Waals surface area (Å²) in [5.41, 5.74) is 1.14. The second kappa shape index (κ2) is 6.00. The topological polar surface area (TPSA) is 71.5 Å². The maximum absolute atomic E-state index is 11.5. The highest BCUT2D eigenvalue weighted by atomic mass is 32.2. The second-order valence-electron chi connectivity index (χ2n) is 5.83. The van der Waals surface area contributed by atoms with Crippen molar-refractivity contribution in [2.24, 2.45) is 0 Å². The molecule has 0 aromatic carbocycles. The van der Waals surface area contributed by atoms with Gasteiger partial charge in [0.2, 0.25) is 10.0 Å². The van der Waals surface area contributed by atoms with Crippen molar-refractivity contribution in [3.63, 3.8) is 0 Å². The molecule has 1 aromatic rings. The lowest BCUT2D eigenvalue weighted by Crippen LogP contribution is -2.47. The van der Waals surface area contributed by atoms with Crippen LogP contribution in [0.3, 0.4) is 0 Å². The minimum atomic E-state index is -3.22. The fourth-order valence-corrected chi connectivity index (χ4v) is 4.10. The van der Waals surface area contributed by atoms with Crippen LogP contribution in [-0.4, -0.2) is 55.9 Å². The molecule has 0 spiro atoms. The van der Waals surface area contributed by atoms with Gasteiger partial charge >= 0.3 is 0 Å². The zero-order valence-electron chi connectivity index (χ0n) is 12.1. The zero-order valence-corrected chi connectivity index (χ0v) is 12.9. The molecule has 0 bridgehead atoms. The summed E-state index contributed by atoms with van der Waals surface area (Å²) in [6.45, 7) is 2.17. The highest BCUT2D eigenvalue weighted by Gasteiger charge is 2.44. The molecule has 0 saturated carbocycles. The first-order valence-electron chi connectivity index (χ1n) is 7.25. The lowest BCUT2D eigenvalue weighted by atomic mass is 10.0. The average molecular weight is 311 g/mol. The van der Waals surface area contributed by atoms with Crippen molar-refractivity contribution in [3.8, 4) is 0 Å². The van der Waals surface area contributed by atoms with Crippen LogP contribution in [0.5, 0.6) is 0 Å². The van der Waals surface area contributed by atoms with Crippen molar-refractivity contribution in [1.82, 2.24) is 14.6 Å². The van der Waals surface area contributed by atoms with E-state index in [-0.39, 0.29) is 18.2 Å². The number of ether oxygens (including phenoxy) is 1. The molecule has 2 aliphatic rings. The Morgan fingerprint density at radius 3 is 3.10 bits per heavy atom. The summed E-state index contributed by atoms with van der Waals surface area (Å²) in [6, 6.07) is 4.08. The van der Waals surface area contributed by atoms with Gasteiger partial charge in [-0.25, -0.2) is 13.1 Å². The Kier molecular flexibility index (Phi) is 4.26. The SMILES string of the molecule is CS(=O)(=O)N[C@H]1CN(Cc2cccnc2)[C@@H]2CCCO[C@H]12. The Morgan fingerprint density at radius 1 is 1.52 bits per heavy atom. The molecule has 2 fully saturated rings. The van der Waals surface area contributed by atoms with Gasteiger partial charge in [-0.1, -0.05) is 6.07 Å². The van der Waals surface area contributed by atoms with Gasteiger partial charge in [-0.3, -0.25) is 9.88 Å². The Hall–Kier alpha value is -1.02. The zero-order chi connectivity index (χ0) is 14.9. The molecule has 3 rings (SSSR count). The standard InChI is InChI=1S/C14H21N3O3S/c1-21(18,19)16-12-10-17(9-11-4-2-6-15-8-11)13-5-3-7-20-14(12)13/h2,4,6,8,12-14,16H,3,5,7,9-10H2,1H3/t12-,13+,14+/m0/s1. The molecule has 7 heteroatoms. The molecule has 0 unspecified atom stereocenters. The van der Waals surface area contributed by atoms with E-state index in [9.17, 15) is 8.42 Å². The molecular formula is C14H21N3O3S. The van der Waals surface area contributed by atoms with Gasteiger partial charge in [0.1, 0.15) is 0 Å². The third-order valence-corrected chi connectivity index (χ3v) is 4.84. The molecule has 3 heterocycles. The fraction of sp³-hybridized carbons (Fsp3) is 0.643. The Morgan fingerprint density at radius 2 is 2.38 bits per heavy atom. The molecule has 21 heavy (non-hydrogen) atoms. The number of aromatic nitrogens is 1. The molecule has 3 atom stereocenters. The van der Waals surface area contributed by atoms with Crippen LogP contribution in [0.1, 0.15) is 18.4 Å². The molecule has 2 aliphatic heterocycles. The average Bonchev–Trinajstić information content (AvgIpc) is 2.77. The highest BCUT2D eigenvalue weighted by Crippen LogP contribution is 2.30. The number of pyridine rings is 1. The van der Waals surface area contributed by atoms with Crippen molar-refractivity contribution in [3.05, 3.63) is 30.1 Å². The molecule has 1 N–H and O–H groups in total. The summed E-state index contributed by atoms with van der Waals surface area (Å²) in [5, 5.41) is 0. The van der Waals surface area contributed by atoms with E-state index >= 15 is 0 Å². The summed E-state index contributed by atoms with van der Waals surface area (Å²) >= 11 is 0. The smallest absolute Gasteiger partial charge is 0.209 e. The van der Waals surface area contributed by atoms with Crippen molar-refractivity contribution >= 4 is 10.0 Å². The van der Waals surface area contributed by atoms with Gasteiger partial charge < -0.3 is 4.74 Å². The summed E-state index contributed by atoms with van der Waals surface area (Å²) < 4.78 is 31.6. The van der Waals surface area contributed by atoms with Crippen LogP contribution in [0.4, 0.5) is 0 Å². The Labute approximate surface area is 125 Å². The van der Waals surface area contributed by atoms with Crippen molar-refractivity contribution in [2.75, 3.05) is 19.4 Å².